The zero-order valence-electron chi connectivity index (χ0n) is 8.93. The molecule has 8 nitrogen and oxygen atoms in total. The molecule has 0 bridgehead atoms. The minimum atomic E-state index is -1.13. The van der Waals surface area contributed by atoms with E-state index in [2.05, 4.69) is 15.6 Å². The van der Waals surface area contributed by atoms with Crippen LogP contribution in [0.5, 0.6) is 0 Å². The first-order valence-electron chi connectivity index (χ1n) is 4.76. The van der Waals surface area contributed by atoms with Gasteiger partial charge in [0.2, 0.25) is 0 Å². The van der Waals surface area contributed by atoms with Gasteiger partial charge in [-0.1, -0.05) is 0 Å². The Labute approximate surface area is 97.0 Å². The van der Waals surface area contributed by atoms with Crippen molar-refractivity contribution in [2.75, 3.05) is 24.1 Å². The van der Waals surface area contributed by atoms with Crippen molar-refractivity contribution >= 4 is 23.5 Å². The highest BCUT2D eigenvalue weighted by molar-refractivity contribution is 5.94. The number of hydrogen-bond acceptors (Lipinski definition) is 5. The maximum absolute atomic E-state index is 10.9. The third-order valence-corrected chi connectivity index (χ3v) is 1.86. The number of aromatic nitrogens is 1. The van der Waals surface area contributed by atoms with E-state index >= 15 is 0 Å². The lowest BCUT2D eigenvalue weighted by atomic mass is 10.2. The average Bonchev–Trinajstić information content (AvgIpc) is 2.25. The van der Waals surface area contributed by atoms with Crippen molar-refractivity contribution in [2.45, 2.75) is 0 Å². The molecule has 0 saturated carbocycles. The summed E-state index contributed by atoms with van der Waals surface area (Å²) in [5.41, 5.74) is 10.5. The van der Waals surface area contributed by atoms with Crippen LogP contribution in [-0.2, 0) is 0 Å². The molecule has 0 fully saturated rings. The van der Waals surface area contributed by atoms with E-state index < -0.39 is 12.0 Å². The van der Waals surface area contributed by atoms with Gasteiger partial charge in [0.15, 0.2) is 0 Å². The van der Waals surface area contributed by atoms with Crippen molar-refractivity contribution < 1.29 is 14.7 Å². The number of nitrogens with zero attached hydrogens (tertiary/aromatic N) is 1. The Morgan fingerprint density at radius 2 is 2.12 bits per heavy atom. The number of carboxylic acids is 1. The van der Waals surface area contributed by atoms with Gasteiger partial charge in [-0.3, -0.25) is 0 Å². The normalized spacial score (nSPS) is 9.65. The summed E-state index contributed by atoms with van der Waals surface area (Å²) in [5, 5.41) is 14.0. The van der Waals surface area contributed by atoms with Gasteiger partial charge in [0, 0.05) is 13.1 Å². The van der Waals surface area contributed by atoms with Crippen LogP contribution in [0.25, 0.3) is 0 Å². The number of amides is 2. The van der Waals surface area contributed by atoms with E-state index in [0.29, 0.717) is 6.54 Å². The number of aromatic carboxylic acids is 1. The number of primary amides is 1. The fraction of sp³-hybridized carbons (Fsp3) is 0.222. The van der Waals surface area contributed by atoms with Gasteiger partial charge < -0.3 is 27.2 Å². The number of rotatable bonds is 5. The summed E-state index contributed by atoms with van der Waals surface area (Å²) in [5.74, 6) is -0.937. The van der Waals surface area contributed by atoms with Crippen LogP contribution in [0, 0.1) is 0 Å². The topological polar surface area (TPSA) is 143 Å². The molecule has 0 aliphatic rings. The third kappa shape index (κ3) is 3.86. The van der Waals surface area contributed by atoms with Gasteiger partial charge in [-0.05, 0) is 6.07 Å². The van der Waals surface area contributed by atoms with E-state index in [1.165, 1.54) is 12.3 Å². The monoisotopic (exact) mass is 239 g/mol. The SMILES string of the molecule is NC(=O)NCCNc1ncc(N)cc1C(=O)O. The van der Waals surface area contributed by atoms with Gasteiger partial charge in [0.05, 0.1) is 11.9 Å². The molecule has 0 radical (unpaired) electrons. The van der Waals surface area contributed by atoms with Crippen molar-refractivity contribution in [3.8, 4) is 0 Å². The lowest BCUT2D eigenvalue weighted by Crippen LogP contribution is -2.33. The zero-order valence-corrected chi connectivity index (χ0v) is 8.93. The number of nitrogen functional groups attached to an aromatic ring is 1. The number of carboxylic acid groups (broad SMARTS) is 1. The molecule has 0 spiro atoms. The lowest BCUT2D eigenvalue weighted by molar-refractivity contribution is 0.0697. The number of nitrogens with one attached hydrogen (secondary N) is 2. The molecule has 0 aromatic carbocycles. The minimum absolute atomic E-state index is 0.0240. The van der Waals surface area contributed by atoms with Gasteiger partial charge in [0.25, 0.3) is 0 Å². The standard InChI is InChI=1S/C9H13N5O3/c10-5-3-6(8(15)16)7(14-4-5)12-1-2-13-9(11)17/h3-4H,1-2,10H2,(H,12,14)(H,15,16)(H3,11,13,17). The molecule has 0 atom stereocenters. The molecule has 0 unspecified atom stereocenters. The quantitative estimate of drug-likeness (QED) is 0.436. The highest BCUT2D eigenvalue weighted by atomic mass is 16.4. The Bertz CT molecular complexity index is 435. The summed E-state index contributed by atoms with van der Waals surface area (Å²) in [6, 6.07) is 0.662. The van der Waals surface area contributed by atoms with Gasteiger partial charge in [-0.25, -0.2) is 14.6 Å². The number of urea groups is 1. The number of pyridine rings is 1. The molecule has 92 valence electrons. The predicted molar refractivity (Wildman–Crippen MR) is 61.7 cm³/mol. The van der Waals surface area contributed by atoms with Crippen LogP contribution in [0.3, 0.4) is 0 Å². The number of hydrogen-bond donors (Lipinski definition) is 5. The first kappa shape index (κ1) is 12.6. The highest BCUT2D eigenvalue weighted by Gasteiger charge is 2.11. The molecule has 1 aromatic heterocycles. The van der Waals surface area contributed by atoms with Crippen molar-refractivity contribution in [1.82, 2.24) is 10.3 Å². The molecular formula is C9H13N5O3. The Balaban J connectivity index is 2.64. The van der Waals surface area contributed by atoms with Crippen LogP contribution >= 0.6 is 0 Å². The minimum Gasteiger partial charge on any atom is -0.478 e. The first-order chi connectivity index (χ1) is 8.00. The number of carbonyl (C=O) groups excluding carboxylic acids is 1. The highest BCUT2D eigenvalue weighted by Crippen LogP contribution is 2.14. The molecule has 1 aromatic rings. The van der Waals surface area contributed by atoms with Gasteiger partial charge in [-0.15, -0.1) is 0 Å². The fourth-order valence-corrected chi connectivity index (χ4v) is 1.15. The summed E-state index contributed by atoms with van der Waals surface area (Å²) in [7, 11) is 0. The summed E-state index contributed by atoms with van der Waals surface area (Å²) in [4.78, 5) is 25.1. The third-order valence-electron chi connectivity index (χ3n) is 1.86. The molecule has 1 heterocycles. The summed E-state index contributed by atoms with van der Waals surface area (Å²) < 4.78 is 0. The Hall–Kier alpha value is -2.51. The molecular weight excluding hydrogens is 226 g/mol. The van der Waals surface area contributed by atoms with Crippen LogP contribution < -0.4 is 22.1 Å². The zero-order chi connectivity index (χ0) is 12.8. The summed E-state index contributed by atoms with van der Waals surface area (Å²) in [6.07, 6.45) is 1.34. The first-order valence-corrected chi connectivity index (χ1v) is 4.76. The van der Waals surface area contributed by atoms with Crippen LogP contribution in [-0.4, -0.2) is 35.2 Å². The fourth-order valence-electron chi connectivity index (χ4n) is 1.15. The smallest absolute Gasteiger partial charge is 0.339 e. The second-order valence-corrected chi connectivity index (χ2v) is 3.19. The van der Waals surface area contributed by atoms with E-state index in [-0.39, 0.29) is 23.6 Å². The molecule has 1 rings (SSSR count). The van der Waals surface area contributed by atoms with Gasteiger partial charge >= 0.3 is 12.0 Å². The van der Waals surface area contributed by atoms with Crippen molar-refractivity contribution in [1.29, 1.82) is 0 Å². The summed E-state index contributed by atoms with van der Waals surface area (Å²) in [6.45, 7) is 0.570. The second kappa shape index (κ2) is 5.54. The molecule has 8 heteroatoms. The van der Waals surface area contributed by atoms with E-state index in [1.54, 1.807) is 0 Å². The Morgan fingerprint density at radius 3 is 2.71 bits per heavy atom. The molecule has 0 aliphatic carbocycles. The molecule has 7 N–H and O–H groups in total. The number of carbonyl (C=O) groups is 2. The van der Waals surface area contributed by atoms with Crippen LogP contribution in [0.2, 0.25) is 0 Å². The average molecular weight is 239 g/mol. The van der Waals surface area contributed by atoms with E-state index in [4.69, 9.17) is 16.6 Å². The van der Waals surface area contributed by atoms with Crippen LogP contribution in [0.15, 0.2) is 12.3 Å². The molecule has 0 saturated heterocycles. The van der Waals surface area contributed by atoms with E-state index in [1.807, 2.05) is 0 Å². The Kier molecular flexibility index (Phi) is 4.09. The van der Waals surface area contributed by atoms with Crippen molar-refractivity contribution in [2.24, 2.45) is 5.73 Å². The van der Waals surface area contributed by atoms with Crippen molar-refractivity contribution in [3.63, 3.8) is 0 Å². The predicted octanol–water partition coefficient (Wildman–Crippen LogP) is -0.558. The summed E-state index contributed by atoms with van der Waals surface area (Å²) >= 11 is 0. The lowest BCUT2D eigenvalue weighted by Gasteiger charge is -2.09. The number of nitrogens with two attached hydrogens (primary N) is 2. The Morgan fingerprint density at radius 1 is 1.41 bits per heavy atom. The molecule has 0 aliphatic heterocycles. The molecule has 17 heavy (non-hydrogen) atoms. The van der Waals surface area contributed by atoms with Crippen LogP contribution in [0.1, 0.15) is 10.4 Å². The molecule has 2 amide bonds. The maximum Gasteiger partial charge on any atom is 0.339 e. The van der Waals surface area contributed by atoms with Gasteiger partial charge in [-0.2, -0.15) is 0 Å². The van der Waals surface area contributed by atoms with E-state index in [9.17, 15) is 9.59 Å². The van der Waals surface area contributed by atoms with Gasteiger partial charge in [0.1, 0.15) is 11.4 Å². The second-order valence-electron chi connectivity index (χ2n) is 3.19. The largest absolute Gasteiger partial charge is 0.478 e. The number of anilines is 2. The van der Waals surface area contributed by atoms with Crippen LogP contribution in [0.4, 0.5) is 16.3 Å². The van der Waals surface area contributed by atoms with Crippen molar-refractivity contribution in [3.05, 3.63) is 17.8 Å². The van der Waals surface area contributed by atoms with E-state index in [0.717, 1.165) is 0 Å². The maximum atomic E-state index is 10.9.